The van der Waals surface area contributed by atoms with Crippen LogP contribution in [0.5, 0.6) is 0 Å². The van der Waals surface area contributed by atoms with E-state index in [0.717, 1.165) is 0 Å². The molecule has 4 heteroatoms. The summed E-state index contributed by atoms with van der Waals surface area (Å²) in [5.74, 6) is 0.495. The summed E-state index contributed by atoms with van der Waals surface area (Å²) in [6.07, 6.45) is 6.73. The first-order chi connectivity index (χ1) is 7.19. The highest BCUT2D eigenvalue weighted by molar-refractivity contribution is 6.06. The minimum atomic E-state index is 0.392. The molecule has 1 aromatic rings. The lowest BCUT2D eigenvalue weighted by atomic mass is 10.1. The largest absolute Gasteiger partial charge is 0.396 e. The average molecular weight is 202 g/mol. The summed E-state index contributed by atoms with van der Waals surface area (Å²) in [5, 5.41) is 7.68. The van der Waals surface area contributed by atoms with Crippen LogP contribution in [0, 0.1) is 5.41 Å². The van der Waals surface area contributed by atoms with Gasteiger partial charge >= 0.3 is 0 Å². The smallest absolute Gasteiger partial charge is 0.175 e. The second-order valence-electron chi connectivity index (χ2n) is 2.94. The zero-order chi connectivity index (χ0) is 11.3. The van der Waals surface area contributed by atoms with E-state index in [1.54, 1.807) is 37.6 Å². The fraction of sp³-hybridized carbons (Fsp3) is 0.182. The zero-order valence-corrected chi connectivity index (χ0v) is 8.86. The standard InChI is InChI=1S/C11H14N4/c1-3-5-9(12)8-6-10(13)11(14-4-2)15-7-8/h3-7,12H,13H2,1-2H3/b5-3-,12-9?,14-4-. The van der Waals surface area contributed by atoms with E-state index in [4.69, 9.17) is 11.1 Å². The Labute approximate surface area is 89.1 Å². The van der Waals surface area contributed by atoms with Crippen LogP contribution in [0.3, 0.4) is 0 Å². The lowest BCUT2D eigenvalue weighted by molar-refractivity contribution is 1.27. The molecule has 1 rings (SSSR count). The third kappa shape index (κ3) is 2.74. The molecule has 1 aromatic heterocycles. The van der Waals surface area contributed by atoms with Crippen molar-refractivity contribution in [2.75, 3.05) is 5.73 Å². The predicted molar refractivity (Wildman–Crippen MR) is 64.1 cm³/mol. The molecule has 0 aliphatic rings. The van der Waals surface area contributed by atoms with Crippen LogP contribution in [0.15, 0.2) is 29.4 Å². The van der Waals surface area contributed by atoms with E-state index in [0.29, 0.717) is 22.8 Å². The summed E-state index contributed by atoms with van der Waals surface area (Å²) in [4.78, 5) is 8.08. The molecule has 0 radical (unpaired) electrons. The number of hydrogen-bond donors (Lipinski definition) is 2. The van der Waals surface area contributed by atoms with Gasteiger partial charge in [-0.2, -0.15) is 0 Å². The van der Waals surface area contributed by atoms with E-state index >= 15 is 0 Å². The van der Waals surface area contributed by atoms with Gasteiger partial charge in [0.05, 0.1) is 11.4 Å². The number of anilines is 1. The quantitative estimate of drug-likeness (QED) is 0.738. The van der Waals surface area contributed by atoms with Crippen LogP contribution in [-0.2, 0) is 0 Å². The molecular weight excluding hydrogens is 188 g/mol. The van der Waals surface area contributed by atoms with E-state index in [1.165, 1.54) is 0 Å². The van der Waals surface area contributed by atoms with Crippen LogP contribution in [-0.4, -0.2) is 16.9 Å². The summed E-state index contributed by atoms with van der Waals surface area (Å²) >= 11 is 0. The minimum Gasteiger partial charge on any atom is -0.396 e. The number of rotatable bonds is 3. The first kappa shape index (κ1) is 11.1. The summed E-state index contributed by atoms with van der Waals surface area (Å²) in [6.45, 7) is 3.66. The molecule has 0 aromatic carbocycles. The summed E-state index contributed by atoms with van der Waals surface area (Å²) in [5.41, 5.74) is 7.32. The van der Waals surface area contributed by atoms with Gasteiger partial charge in [-0.25, -0.2) is 9.98 Å². The second-order valence-corrected chi connectivity index (χ2v) is 2.94. The molecular formula is C11H14N4. The van der Waals surface area contributed by atoms with Crippen molar-refractivity contribution in [3.05, 3.63) is 30.0 Å². The molecule has 0 amide bonds. The molecule has 78 valence electrons. The van der Waals surface area contributed by atoms with Crippen molar-refractivity contribution in [3.8, 4) is 0 Å². The lowest BCUT2D eigenvalue weighted by Crippen LogP contribution is -1.98. The molecule has 0 saturated carbocycles. The van der Waals surface area contributed by atoms with Gasteiger partial charge < -0.3 is 11.1 Å². The summed E-state index contributed by atoms with van der Waals surface area (Å²) in [6, 6.07) is 1.71. The number of nitrogens with one attached hydrogen (secondary N) is 1. The molecule has 0 bridgehead atoms. The molecule has 0 atom stereocenters. The SMILES string of the molecule is C/C=C\C(=N)c1cnc(/N=C\C)c(N)c1. The second kappa shape index (κ2) is 5.05. The molecule has 0 spiro atoms. The van der Waals surface area contributed by atoms with Crippen molar-refractivity contribution < 1.29 is 0 Å². The third-order valence-corrected chi connectivity index (χ3v) is 1.79. The Kier molecular flexibility index (Phi) is 3.74. The number of pyridine rings is 1. The van der Waals surface area contributed by atoms with E-state index in [2.05, 4.69) is 9.98 Å². The number of nitrogens with two attached hydrogens (primary N) is 1. The number of nitrogen functional groups attached to an aromatic ring is 1. The maximum atomic E-state index is 7.68. The molecule has 0 fully saturated rings. The van der Waals surface area contributed by atoms with E-state index < -0.39 is 0 Å². The Morgan fingerprint density at radius 1 is 1.53 bits per heavy atom. The summed E-state index contributed by atoms with van der Waals surface area (Å²) < 4.78 is 0. The Balaban J connectivity index is 3.06. The van der Waals surface area contributed by atoms with Gasteiger partial charge in [-0.15, -0.1) is 0 Å². The van der Waals surface area contributed by atoms with E-state index in [-0.39, 0.29) is 0 Å². The highest BCUT2D eigenvalue weighted by atomic mass is 14.9. The predicted octanol–water partition coefficient (Wildman–Crippen LogP) is 2.33. The van der Waals surface area contributed by atoms with Crippen LogP contribution < -0.4 is 5.73 Å². The van der Waals surface area contributed by atoms with E-state index in [9.17, 15) is 0 Å². The number of aromatic nitrogens is 1. The number of nitrogens with zero attached hydrogens (tertiary/aromatic N) is 2. The molecule has 1 heterocycles. The van der Waals surface area contributed by atoms with Gasteiger partial charge in [0.2, 0.25) is 0 Å². The average Bonchev–Trinajstić information content (AvgIpc) is 2.21. The van der Waals surface area contributed by atoms with Gasteiger partial charge in [-0.1, -0.05) is 6.08 Å². The topological polar surface area (TPSA) is 75.1 Å². The van der Waals surface area contributed by atoms with E-state index in [1.807, 2.05) is 6.92 Å². The highest BCUT2D eigenvalue weighted by Gasteiger charge is 2.02. The Bertz CT molecular complexity index is 419. The molecule has 15 heavy (non-hydrogen) atoms. The maximum absolute atomic E-state index is 7.68. The fourth-order valence-corrected chi connectivity index (χ4v) is 1.11. The van der Waals surface area contributed by atoms with Gasteiger partial charge in [-0.3, -0.25) is 0 Å². The summed E-state index contributed by atoms with van der Waals surface area (Å²) in [7, 11) is 0. The molecule has 0 saturated heterocycles. The minimum absolute atomic E-state index is 0.392. The van der Waals surface area contributed by atoms with Crippen LogP contribution in [0.4, 0.5) is 11.5 Å². The van der Waals surface area contributed by atoms with Crippen LogP contribution in [0.2, 0.25) is 0 Å². The Morgan fingerprint density at radius 2 is 2.27 bits per heavy atom. The first-order valence-corrected chi connectivity index (χ1v) is 4.65. The Morgan fingerprint density at radius 3 is 2.80 bits per heavy atom. The fourth-order valence-electron chi connectivity index (χ4n) is 1.11. The number of hydrogen-bond acceptors (Lipinski definition) is 4. The van der Waals surface area contributed by atoms with Crippen LogP contribution >= 0.6 is 0 Å². The molecule has 0 unspecified atom stereocenters. The van der Waals surface area contributed by atoms with Crippen LogP contribution in [0.25, 0.3) is 0 Å². The van der Waals surface area contributed by atoms with Gasteiger partial charge in [0.15, 0.2) is 5.82 Å². The van der Waals surface area contributed by atoms with Gasteiger partial charge in [0.1, 0.15) is 0 Å². The van der Waals surface area contributed by atoms with Crippen molar-refractivity contribution in [2.45, 2.75) is 13.8 Å². The van der Waals surface area contributed by atoms with Gasteiger partial charge in [0, 0.05) is 18.0 Å². The monoisotopic (exact) mass is 202 g/mol. The number of allylic oxidation sites excluding steroid dienone is 2. The molecule has 0 aliphatic carbocycles. The number of aliphatic imine (C=N–C) groups is 1. The molecule has 3 N–H and O–H groups in total. The highest BCUT2D eigenvalue weighted by Crippen LogP contribution is 2.19. The van der Waals surface area contributed by atoms with Crippen molar-refractivity contribution in [3.63, 3.8) is 0 Å². The van der Waals surface area contributed by atoms with Gasteiger partial charge in [0.25, 0.3) is 0 Å². The third-order valence-electron chi connectivity index (χ3n) is 1.79. The van der Waals surface area contributed by atoms with Crippen molar-refractivity contribution in [1.29, 1.82) is 5.41 Å². The van der Waals surface area contributed by atoms with Crippen LogP contribution in [0.1, 0.15) is 19.4 Å². The van der Waals surface area contributed by atoms with Crippen molar-refractivity contribution >= 4 is 23.4 Å². The van der Waals surface area contributed by atoms with Gasteiger partial charge in [-0.05, 0) is 26.0 Å². The normalized spacial score (nSPS) is 11.3. The Hall–Kier alpha value is -1.97. The lowest BCUT2D eigenvalue weighted by Gasteiger charge is -2.02. The molecule has 4 nitrogen and oxygen atoms in total. The first-order valence-electron chi connectivity index (χ1n) is 4.65. The molecule has 0 aliphatic heterocycles. The zero-order valence-electron chi connectivity index (χ0n) is 8.86. The van der Waals surface area contributed by atoms with Crippen molar-refractivity contribution in [1.82, 2.24) is 4.98 Å². The van der Waals surface area contributed by atoms with Crippen molar-refractivity contribution in [2.24, 2.45) is 4.99 Å². The maximum Gasteiger partial charge on any atom is 0.175 e.